The van der Waals surface area contributed by atoms with E-state index in [-0.39, 0.29) is 17.9 Å². The molecular weight excluding hydrogens is 336 g/mol. The molecule has 4 heterocycles. The minimum Gasteiger partial charge on any atom is -0.459 e. The highest BCUT2D eigenvalue weighted by Gasteiger charge is 2.40. The number of piperidine rings is 2. The first-order valence-corrected chi connectivity index (χ1v) is 9.75. The van der Waals surface area contributed by atoms with E-state index in [1.54, 1.807) is 23.5 Å². The van der Waals surface area contributed by atoms with E-state index in [0.717, 1.165) is 25.8 Å². The molecule has 0 spiro atoms. The Morgan fingerprint density at radius 2 is 2.20 bits per heavy atom. The molecule has 2 saturated heterocycles. The molecule has 5 nitrogen and oxygen atoms in total. The summed E-state index contributed by atoms with van der Waals surface area (Å²) in [6.07, 6.45) is 4.77. The fraction of sp³-hybridized carbons (Fsp3) is 0.474. The molecule has 0 aromatic carbocycles. The summed E-state index contributed by atoms with van der Waals surface area (Å²) in [6, 6.07) is 7.90. The van der Waals surface area contributed by atoms with E-state index in [9.17, 15) is 9.59 Å². The van der Waals surface area contributed by atoms with Gasteiger partial charge in [0, 0.05) is 37.0 Å². The van der Waals surface area contributed by atoms with Crippen molar-refractivity contribution < 1.29 is 14.0 Å². The maximum absolute atomic E-state index is 12.5. The number of nitrogens with zero attached hydrogens (tertiary/aromatic N) is 2. The Morgan fingerprint density at radius 3 is 2.96 bits per heavy atom. The zero-order valence-corrected chi connectivity index (χ0v) is 14.9. The number of hydrogen-bond donors (Lipinski definition) is 0. The van der Waals surface area contributed by atoms with Gasteiger partial charge in [0.15, 0.2) is 5.76 Å². The van der Waals surface area contributed by atoms with Gasteiger partial charge in [0.1, 0.15) is 0 Å². The smallest absolute Gasteiger partial charge is 0.289 e. The average Bonchev–Trinajstić information content (AvgIpc) is 3.33. The van der Waals surface area contributed by atoms with E-state index in [1.807, 2.05) is 4.90 Å². The molecule has 132 valence electrons. The van der Waals surface area contributed by atoms with Gasteiger partial charge >= 0.3 is 0 Å². The first-order valence-electron chi connectivity index (χ1n) is 8.87. The number of carbonyl (C=O) groups excluding carboxylic acids is 2. The Balaban J connectivity index is 1.41. The normalized spacial score (nSPS) is 23.6. The highest BCUT2D eigenvalue weighted by Crippen LogP contribution is 2.32. The number of likely N-dealkylation sites (tertiary alicyclic amines) is 2. The van der Waals surface area contributed by atoms with E-state index >= 15 is 0 Å². The second kappa shape index (κ2) is 7.04. The zero-order valence-electron chi connectivity index (χ0n) is 14.1. The van der Waals surface area contributed by atoms with Crippen molar-refractivity contribution >= 4 is 23.2 Å². The monoisotopic (exact) mass is 358 g/mol. The lowest BCUT2D eigenvalue weighted by atomic mass is 9.83. The van der Waals surface area contributed by atoms with Crippen molar-refractivity contribution in [3.05, 3.63) is 46.5 Å². The molecule has 2 atom stereocenters. The van der Waals surface area contributed by atoms with Crippen LogP contribution in [0.3, 0.4) is 0 Å². The molecule has 4 rings (SSSR count). The van der Waals surface area contributed by atoms with E-state index in [4.69, 9.17) is 4.42 Å². The van der Waals surface area contributed by atoms with E-state index in [2.05, 4.69) is 22.4 Å². The van der Waals surface area contributed by atoms with E-state index in [1.165, 1.54) is 11.1 Å². The number of rotatable bonds is 4. The SMILES string of the molecule is O=C(c1ccco1)N1CCC2C(CCC(=O)N2CCc2cccs2)C1. The Hall–Kier alpha value is -2.08. The van der Waals surface area contributed by atoms with Crippen LogP contribution < -0.4 is 0 Å². The minimum absolute atomic E-state index is 0.0366. The summed E-state index contributed by atoms with van der Waals surface area (Å²) < 4.78 is 5.25. The summed E-state index contributed by atoms with van der Waals surface area (Å²) in [6.45, 7) is 2.18. The molecule has 2 aliphatic heterocycles. The molecule has 2 aromatic heterocycles. The molecule has 0 radical (unpaired) electrons. The summed E-state index contributed by atoms with van der Waals surface area (Å²) in [5.74, 6) is 1.00. The molecular formula is C19H22N2O3S. The van der Waals surface area contributed by atoms with Crippen LogP contribution in [-0.2, 0) is 11.2 Å². The Labute approximate surface area is 151 Å². The fourth-order valence-electron chi connectivity index (χ4n) is 4.07. The van der Waals surface area contributed by atoms with Gasteiger partial charge < -0.3 is 14.2 Å². The van der Waals surface area contributed by atoms with Crippen LogP contribution in [0.5, 0.6) is 0 Å². The molecule has 6 heteroatoms. The van der Waals surface area contributed by atoms with Crippen molar-refractivity contribution in [3.63, 3.8) is 0 Å². The van der Waals surface area contributed by atoms with Crippen molar-refractivity contribution in [2.75, 3.05) is 19.6 Å². The predicted octanol–water partition coefficient (Wildman–Crippen LogP) is 3.04. The molecule has 25 heavy (non-hydrogen) atoms. The number of carbonyl (C=O) groups is 2. The van der Waals surface area contributed by atoms with Crippen molar-refractivity contribution in [3.8, 4) is 0 Å². The molecule has 0 saturated carbocycles. The topological polar surface area (TPSA) is 53.8 Å². The van der Waals surface area contributed by atoms with E-state index < -0.39 is 0 Å². The summed E-state index contributed by atoms with van der Waals surface area (Å²) in [4.78, 5) is 30.2. The maximum Gasteiger partial charge on any atom is 0.289 e. The van der Waals surface area contributed by atoms with Gasteiger partial charge in [-0.3, -0.25) is 9.59 Å². The summed E-state index contributed by atoms with van der Waals surface area (Å²) in [5.41, 5.74) is 0. The molecule has 2 amide bonds. The van der Waals surface area contributed by atoms with Gasteiger partial charge in [-0.2, -0.15) is 0 Å². The average molecular weight is 358 g/mol. The van der Waals surface area contributed by atoms with Gasteiger partial charge in [-0.25, -0.2) is 0 Å². The standard InChI is InChI=1S/C19H22N2O3S/c22-18-6-5-14-13-20(19(23)17-4-1-11-24-17)9-8-16(14)21(18)10-7-15-3-2-12-25-15/h1-4,11-12,14,16H,5-10,13H2. The van der Waals surface area contributed by atoms with Crippen LogP contribution in [0.4, 0.5) is 0 Å². The predicted molar refractivity (Wildman–Crippen MR) is 95.5 cm³/mol. The third kappa shape index (κ3) is 3.35. The Morgan fingerprint density at radius 1 is 1.28 bits per heavy atom. The maximum atomic E-state index is 12.5. The summed E-state index contributed by atoms with van der Waals surface area (Å²) in [7, 11) is 0. The van der Waals surface area contributed by atoms with Crippen molar-refractivity contribution in [1.29, 1.82) is 0 Å². The van der Waals surface area contributed by atoms with Gasteiger partial charge in [-0.15, -0.1) is 11.3 Å². The third-order valence-corrected chi connectivity index (χ3v) is 6.28. The second-order valence-corrected chi connectivity index (χ2v) is 7.83. The highest BCUT2D eigenvalue weighted by atomic mass is 32.1. The first-order chi connectivity index (χ1) is 12.2. The van der Waals surface area contributed by atoms with Gasteiger partial charge in [-0.05, 0) is 48.8 Å². The molecule has 0 aliphatic carbocycles. The fourth-order valence-corrected chi connectivity index (χ4v) is 4.77. The Bertz CT molecular complexity index is 726. The molecule has 2 aromatic rings. The lowest BCUT2D eigenvalue weighted by Gasteiger charge is -2.47. The van der Waals surface area contributed by atoms with Crippen LogP contribution in [0.2, 0.25) is 0 Å². The van der Waals surface area contributed by atoms with Crippen molar-refractivity contribution in [1.82, 2.24) is 9.80 Å². The summed E-state index contributed by atoms with van der Waals surface area (Å²) in [5, 5.41) is 2.08. The Kier molecular flexibility index (Phi) is 4.61. The third-order valence-electron chi connectivity index (χ3n) is 5.34. The molecule has 2 fully saturated rings. The number of amides is 2. The zero-order chi connectivity index (χ0) is 17.2. The van der Waals surface area contributed by atoms with Crippen LogP contribution in [0.15, 0.2) is 40.3 Å². The highest BCUT2D eigenvalue weighted by molar-refractivity contribution is 7.09. The van der Waals surface area contributed by atoms with Crippen LogP contribution in [0.25, 0.3) is 0 Å². The van der Waals surface area contributed by atoms with Gasteiger partial charge in [0.05, 0.1) is 6.26 Å². The van der Waals surface area contributed by atoms with Crippen LogP contribution in [0.1, 0.15) is 34.7 Å². The first kappa shape index (κ1) is 16.4. The largest absolute Gasteiger partial charge is 0.459 e. The number of hydrogen-bond acceptors (Lipinski definition) is 4. The van der Waals surface area contributed by atoms with Crippen LogP contribution in [-0.4, -0.2) is 47.3 Å². The summed E-state index contributed by atoms with van der Waals surface area (Å²) >= 11 is 1.74. The van der Waals surface area contributed by atoms with Gasteiger partial charge in [-0.1, -0.05) is 6.07 Å². The van der Waals surface area contributed by atoms with Crippen molar-refractivity contribution in [2.24, 2.45) is 5.92 Å². The second-order valence-electron chi connectivity index (χ2n) is 6.80. The number of thiophene rings is 1. The molecule has 0 bridgehead atoms. The van der Waals surface area contributed by atoms with Gasteiger partial charge in [0.25, 0.3) is 5.91 Å². The number of fused-ring (bicyclic) bond motifs is 1. The molecule has 0 N–H and O–H groups in total. The minimum atomic E-state index is -0.0366. The lowest BCUT2D eigenvalue weighted by Crippen LogP contribution is -2.57. The molecule has 2 unspecified atom stereocenters. The van der Waals surface area contributed by atoms with E-state index in [0.29, 0.717) is 31.2 Å². The van der Waals surface area contributed by atoms with Crippen LogP contribution >= 0.6 is 11.3 Å². The van der Waals surface area contributed by atoms with Crippen LogP contribution in [0, 0.1) is 5.92 Å². The quantitative estimate of drug-likeness (QED) is 0.844. The lowest BCUT2D eigenvalue weighted by molar-refractivity contribution is -0.140. The van der Waals surface area contributed by atoms with Gasteiger partial charge in [0.2, 0.25) is 5.91 Å². The van der Waals surface area contributed by atoms with Crippen molar-refractivity contribution in [2.45, 2.75) is 31.7 Å². The number of furan rings is 1. The molecule has 2 aliphatic rings.